The lowest BCUT2D eigenvalue weighted by molar-refractivity contribution is -0.153. The number of hydrogen-bond donors (Lipinski definition) is 2. The van der Waals surface area contributed by atoms with E-state index in [0.717, 1.165) is 16.4 Å². The van der Waals surface area contributed by atoms with Crippen LogP contribution < -0.4 is 0 Å². The third-order valence-corrected chi connectivity index (χ3v) is 7.26. The number of benzene rings is 2. The fraction of sp³-hybridized carbons (Fsp3) is 0.300. The molecule has 2 N–H and O–H groups in total. The van der Waals surface area contributed by atoms with E-state index in [4.69, 9.17) is 11.6 Å². The first-order valence-electron chi connectivity index (χ1n) is 9.02. The van der Waals surface area contributed by atoms with Crippen LogP contribution in [0, 0.1) is 5.82 Å². The minimum Gasteiger partial charge on any atom is -0.480 e. The highest BCUT2D eigenvalue weighted by atomic mass is 35.5. The molecule has 10 heteroatoms. The smallest absolute Gasteiger partial charge is 0.325 e. The van der Waals surface area contributed by atoms with Crippen LogP contribution in [0.4, 0.5) is 4.39 Å². The first-order valence-corrected chi connectivity index (χ1v) is 10.8. The number of aliphatic carboxylic acids is 1. The molecule has 30 heavy (non-hydrogen) atoms. The standard InChI is InChI=1S/C20H19ClFNO6S/c1-20(27)9-2-10-23(18(20)19(25)26)30(28,29)14-6-3-12(4-7-14)17(24)15-8-5-13(22)11-16(15)21/h3-8,11,18,27H,2,9-10H2,1H3,(H,25,26). The van der Waals surface area contributed by atoms with Crippen LogP contribution in [0.3, 0.4) is 0 Å². The summed E-state index contributed by atoms with van der Waals surface area (Å²) < 4.78 is 40.0. The van der Waals surface area contributed by atoms with E-state index in [-0.39, 0.29) is 34.0 Å². The van der Waals surface area contributed by atoms with Crippen LogP contribution >= 0.6 is 11.6 Å². The van der Waals surface area contributed by atoms with Crippen molar-refractivity contribution in [3.63, 3.8) is 0 Å². The molecule has 0 aromatic heterocycles. The van der Waals surface area contributed by atoms with Gasteiger partial charge in [0.15, 0.2) is 11.8 Å². The van der Waals surface area contributed by atoms with Crippen LogP contribution in [-0.2, 0) is 14.8 Å². The average Bonchev–Trinajstić information content (AvgIpc) is 2.66. The van der Waals surface area contributed by atoms with Crippen molar-refractivity contribution in [2.24, 2.45) is 0 Å². The topological polar surface area (TPSA) is 112 Å². The number of carboxylic acids is 1. The Morgan fingerprint density at radius 1 is 1.20 bits per heavy atom. The van der Waals surface area contributed by atoms with Crippen LogP contribution in [-0.4, -0.2) is 52.9 Å². The van der Waals surface area contributed by atoms with Gasteiger partial charge in [0.1, 0.15) is 5.82 Å². The molecule has 2 unspecified atom stereocenters. The summed E-state index contributed by atoms with van der Waals surface area (Å²) in [6.45, 7) is 1.24. The van der Waals surface area contributed by atoms with Crippen LogP contribution in [0.15, 0.2) is 47.4 Å². The SMILES string of the molecule is CC1(O)CCCN(S(=O)(=O)c2ccc(C(=O)c3ccc(F)cc3Cl)cc2)C1C(=O)O. The third kappa shape index (κ3) is 4.11. The molecule has 7 nitrogen and oxygen atoms in total. The van der Waals surface area contributed by atoms with E-state index in [1.807, 2.05) is 0 Å². The summed E-state index contributed by atoms with van der Waals surface area (Å²) in [6.07, 6.45) is 0.456. The number of sulfonamides is 1. The van der Waals surface area contributed by atoms with E-state index >= 15 is 0 Å². The van der Waals surface area contributed by atoms with Gasteiger partial charge in [0.25, 0.3) is 0 Å². The zero-order valence-electron chi connectivity index (χ0n) is 15.9. The Labute approximate surface area is 177 Å². The molecule has 2 aromatic carbocycles. The molecule has 0 aliphatic carbocycles. The van der Waals surface area contributed by atoms with Crippen molar-refractivity contribution in [2.45, 2.75) is 36.3 Å². The molecule has 2 aromatic rings. The van der Waals surface area contributed by atoms with Gasteiger partial charge in [-0.05, 0) is 62.2 Å². The van der Waals surface area contributed by atoms with E-state index in [9.17, 15) is 32.6 Å². The highest BCUT2D eigenvalue weighted by Crippen LogP contribution is 2.32. The maximum atomic E-state index is 13.2. The summed E-state index contributed by atoms with van der Waals surface area (Å²) in [5, 5.41) is 19.8. The Bertz CT molecular complexity index is 1100. The largest absolute Gasteiger partial charge is 0.480 e. The molecule has 0 bridgehead atoms. The third-order valence-electron chi connectivity index (χ3n) is 5.07. The van der Waals surface area contributed by atoms with Gasteiger partial charge in [-0.15, -0.1) is 0 Å². The number of piperidine rings is 1. The van der Waals surface area contributed by atoms with Gasteiger partial charge < -0.3 is 10.2 Å². The minimum atomic E-state index is -4.24. The average molecular weight is 456 g/mol. The molecular formula is C20H19ClFNO6S. The van der Waals surface area contributed by atoms with Gasteiger partial charge in [-0.2, -0.15) is 4.31 Å². The summed E-state index contributed by atoms with van der Waals surface area (Å²) in [5.41, 5.74) is -1.53. The second-order valence-electron chi connectivity index (χ2n) is 7.29. The van der Waals surface area contributed by atoms with Crippen molar-refractivity contribution < 1.29 is 32.6 Å². The summed E-state index contributed by atoms with van der Waals surface area (Å²) in [4.78, 5) is 24.0. The molecule has 0 radical (unpaired) electrons. The number of ketones is 1. The van der Waals surface area contributed by atoms with Crippen LogP contribution in [0.1, 0.15) is 35.7 Å². The van der Waals surface area contributed by atoms with Gasteiger partial charge in [-0.25, -0.2) is 12.8 Å². The van der Waals surface area contributed by atoms with Crippen LogP contribution in [0.25, 0.3) is 0 Å². The number of hydrogen-bond acceptors (Lipinski definition) is 5. The van der Waals surface area contributed by atoms with Gasteiger partial charge in [0.2, 0.25) is 10.0 Å². The zero-order chi connectivity index (χ0) is 22.3. The maximum absolute atomic E-state index is 13.2. The van der Waals surface area contributed by atoms with E-state index in [2.05, 4.69) is 0 Å². The van der Waals surface area contributed by atoms with Gasteiger partial charge in [-0.3, -0.25) is 9.59 Å². The van der Waals surface area contributed by atoms with E-state index in [0.29, 0.717) is 6.42 Å². The highest BCUT2D eigenvalue weighted by Gasteiger charge is 2.49. The molecule has 0 spiro atoms. The lowest BCUT2D eigenvalue weighted by Gasteiger charge is -2.41. The predicted octanol–water partition coefficient (Wildman–Crippen LogP) is 2.70. The van der Waals surface area contributed by atoms with Gasteiger partial charge in [-0.1, -0.05) is 11.6 Å². The van der Waals surface area contributed by atoms with Crippen molar-refractivity contribution in [2.75, 3.05) is 6.54 Å². The molecule has 160 valence electrons. The summed E-state index contributed by atoms with van der Waals surface area (Å²) in [6, 6.07) is 6.60. The molecule has 1 aliphatic heterocycles. The van der Waals surface area contributed by atoms with E-state index in [1.54, 1.807) is 0 Å². The Hall–Kier alpha value is -2.33. The molecular weight excluding hydrogens is 437 g/mol. The van der Waals surface area contributed by atoms with Crippen molar-refractivity contribution in [3.05, 3.63) is 64.4 Å². The normalized spacial score (nSPS) is 22.6. The molecule has 1 heterocycles. The Kier molecular flexibility index (Phi) is 6.01. The van der Waals surface area contributed by atoms with Crippen molar-refractivity contribution in [3.8, 4) is 0 Å². The minimum absolute atomic E-state index is 0.0542. The summed E-state index contributed by atoms with van der Waals surface area (Å²) in [7, 11) is -4.24. The van der Waals surface area contributed by atoms with Crippen molar-refractivity contribution in [1.29, 1.82) is 0 Å². The second-order valence-corrected chi connectivity index (χ2v) is 9.59. The Morgan fingerprint density at radius 3 is 2.40 bits per heavy atom. The molecule has 1 fully saturated rings. The van der Waals surface area contributed by atoms with Gasteiger partial charge >= 0.3 is 5.97 Å². The number of aliphatic hydroxyl groups is 1. The Balaban J connectivity index is 1.93. The predicted molar refractivity (Wildman–Crippen MR) is 106 cm³/mol. The molecule has 3 rings (SSSR count). The number of carbonyl (C=O) groups is 2. The van der Waals surface area contributed by atoms with E-state index < -0.39 is 39.2 Å². The Morgan fingerprint density at radius 2 is 1.83 bits per heavy atom. The van der Waals surface area contributed by atoms with Crippen LogP contribution in [0.5, 0.6) is 0 Å². The fourth-order valence-electron chi connectivity index (χ4n) is 3.56. The zero-order valence-corrected chi connectivity index (χ0v) is 17.5. The highest BCUT2D eigenvalue weighted by molar-refractivity contribution is 7.89. The second kappa shape index (κ2) is 8.07. The maximum Gasteiger partial charge on any atom is 0.325 e. The van der Waals surface area contributed by atoms with Crippen molar-refractivity contribution >= 4 is 33.4 Å². The summed E-state index contributed by atoms with van der Waals surface area (Å²) >= 11 is 5.91. The van der Waals surface area contributed by atoms with Crippen LogP contribution in [0.2, 0.25) is 5.02 Å². The molecule has 2 atom stereocenters. The lowest BCUT2D eigenvalue weighted by Crippen LogP contribution is -2.60. The van der Waals surface area contributed by atoms with Crippen molar-refractivity contribution in [1.82, 2.24) is 4.31 Å². The molecule has 1 aliphatic rings. The lowest BCUT2D eigenvalue weighted by atomic mass is 9.88. The number of carboxylic acid groups (broad SMARTS) is 1. The first-order chi connectivity index (χ1) is 13.9. The number of halogens is 2. The van der Waals surface area contributed by atoms with Gasteiger partial charge in [0, 0.05) is 17.7 Å². The fourth-order valence-corrected chi connectivity index (χ4v) is 5.53. The molecule has 0 saturated carbocycles. The summed E-state index contributed by atoms with van der Waals surface area (Å²) in [5.74, 6) is -2.56. The molecule has 1 saturated heterocycles. The number of rotatable bonds is 5. The van der Waals surface area contributed by atoms with Gasteiger partial charge in [0.05, 0.1) is 15.5 Å². The van der Waals surface area contributed by atoms with E-state index in [1.165, 1.54) is 37.3 Å². The quantitative estimate of drug-likeness (QED) is 0.670. The monoisotopic (exact) mass is 455 g/mol. The number of nitrogens with zero attached hydrogens (tertiary/aromatic N) is 1. The molecule has 0 amide bonds. The first kappa shape index (κ1) is 22.4. The number of carbonyl (C=O) groups excluding carboxylic acids is 1.